The molecule has 3 rings (SSSR count). The average Bonchev–Trinajstić information content (AvgIpc) is 3.04. The second-order valence-corrected chi connectivity index (χ2v) is 6.01. The maximum Gasteiger partial charge on any atom is 0.411 e. The van der Waals surface area contributed by atoms with E-state index in [0.717, 1.165) is 11.3 Å². The molecule has 0 saturated heterocycles. The van der Waals surface area contributed by atoms with Crippen molar-refractivity contribution < 1.29 is 22.7 Å². The standard InChI is InChI=1S/C19H18F3N3O2/c20-19(21,22)13-27-12-14-4-6-15(7-5-14)18(26)23-9-8-16-11-25-10-2-1-3-17(25)24-16/h1-7,10-11H,8-9,12-13H2,(H,23,26). The van der Waals surface area contributed by atoms with Crippen molar-refractivity contribution >= 4 is 11.6 Å². The van der Waals surface area contributed by atoms with Crippen molar-refractivity contribution in [2.45, 2.75) is 19.2 Å². The van der Waals surface area contributed by atoms with E-state index < -0.39 is 12.8 Å². The molecule has 0 aliphatic heterocycles. The fraction of sp³-hybridized carbons (Fsp3) is 0.263. The molecule has 1 aromatic carbocycles. The van der Waals surface area contributed by atoms with Crippen LogP contribution < -0.4 is 5.32 Å². The van der Waals surface area contributed by atoms with Gasteiger partial charge in [0.15, 0.2) is 0 Å². The Labute approximate surface area is 153 Å². The number of aromatic nitrogens is 2. The Morgan fingerprint density at radius 3 is 2.63 bits per heavy atom. The number of alkyl halides is 3. The third-order valence-electron chi connectivity index (χ3n) is 3.83. The molecule has 2 heterocycles. The molecular weight excluding hydrogens is 359 g/mol. The molecule has 27 heavy (non-hydrogen) atoms. The minimum absolute atomic E-state index is 0.157. The smallest absolute Gasteiger partial charge is 0.367 e. The molecule has 1 N–H and O–H groups in total. The van der Waals surface area contributed by atoms with Crippen LogP contribution in [0.1, 0.15) is 21.6 Å². The number of nitrogens with zero attached hydrogens (tertiary/aromatic N) is 2. The Bertz CT molecular complexity index is 871. The summed E-state index contributed by atoms with van der Waals surface area (Å²) in [5, 5.41) is 2.81. The van der Waals surface area contributed by atoms with E-state index >= 15 is 0 Å². The van der Waals surface area contributed by atoms with Gasteiger partial charge in [-0.2, -0.15) is 13.2 Å². The second-order valence-electron chi connectivity index (χ2n) is 6.01. The summed E-state index contributed by atoms with van der Waals surface area (Å²) in [7, 11) is 0. The van der Waals surface area contributed by atoms with E-state index in [-0.39, 0.29) is 12.5 Å². The molecule has 1 amide bonds. The number of carbonyl (C=O) groups is 1. The van der Waals surface area contributed by atoms with Gasteiger partial charge < -0.3 is 14.5 Å². The van der Waals surface area contributed by atoms with Crippen molar-refractivity contribution in [3.63, 3.8) is 0 Å². The van der Waals surface area contributed by atoms with Crippen LogP contribution in [0.4, 0.5) is 13.2 Å². The molecular formula is C19H18F3N3O2. The SMILES string of the molecule is O=C(NCCc1cn2ccccc2n1)c1ccc(COCC(F)(F)F)cc1. The summed E-state index contributed by atoms with van der Waals surface area (Å²) in [6, 6.07) is 12.0. The summed E-state index contributed by atoms with van der Waals surface area (Å²) in [5.41, 5.74) is 2.73. The maximum atomic E-state index is 12.1. The number of benzene rings is 1. The first-order valence-corrected chi connectivity index (χ1v) is 8.35. The van der Waals surface area contributed by atoms with Gasteiger partial charge in [0, 0.05) is 30.9 Å². The molecule has 0 spiro atoms. The molecule has 0 aliphatic rings. The van der Waals surface area contributed by atoms with Crippen LogP contribution >= 0.6 is 0 Å². The van der Waals surface area contributed by atoms with Crippen molar-refractivity contribution in [2.75, 3.05) is 13.2 Å². The molecule has 3 aromatic rings. The largest absolute Gasteiger partial charge is 0.411 e. The Morgan fingerprint density at radius 2 is 1.93 bits per heavy atom. The normalized spacial score (nSPS) is 11.7. The Morgan fingerprint density at radius 1 is 1.15 bits per heavy atom. The van der Waals surface area contributed by atoms with Gasteiger partial charge in [0.1, 0.15) is 12.3 Å². The monoisotopic (exact) mass is 377 g/mol. The predicted molar refractivity (Wildman–Crippen MR) is 93.4 cm³/mol. The summed E-state index contributed by atoms with van der Waals surface area (Å²) in [4.78, 5) is 16.6. The van der Waals surface area contributed by atoms with Gasteiger partial charge in [0.05, 0.1) is 12.3 Å². The van der Waals surface area contributed by atoms with E-state index in [9.17, 15) is 18.0 Å². The van der Waals surface area contributed by atoms with Crippen LogP contribution in [-0.2, 0) is 17.8 Å². The van der Waals surface area contributed by atoms with Gasteiger partial charge in [0.25, 0.3) is 5.91 Å². The van der Waals surface area contributed by atoms with Gasteiger partial charge in [0.2, 0.25) is 0 Å². The average molecular weight is 377 g/mol. The zero-order valence-corrected chi connectivity index (χ0v) is 14.4. The highest BCUT2D eigenvalue weighted by atomic mass is 19.4. The number of nitrogens with one attached hydrogen (secondary N) is 1. The van der Waals surface area contributed by atoms with Crippen LogP contribution in [0.5, 0.6) is 0 Å². The fourth-order valence-electron chi connectivity index (χ4n) is 2.55. The van der Waals surface area contributed by atoms with Crippen LogP contribution in [0.25, 0.3) is 5.65 Å². The first-order chi connectivity index (χ1) is 12.9. The molecule has 0 saturated carbocycles. The Hall–Kier alpha value is -2.87. The number of pyridine rings is 1. The molecule has 0 aliphatic carbocycles. The molecule has 8 heteroatoms. The van der Waals surface area contributed by atoms with Gasteiger partial charge >= 0.3 is 6.18 Å². The van der Waals surface area contributed by atoms with Gasteiger partial charge in [-0.3, -0.25) is 4.79 Å². The Kier molecular flexibility index (Phi) is 5.75. The van der Waals surface area contributed by atoms with Crippen molar-refractivity contribution in [2.24, 2.45) is 0 Å². The highest BCUT2D eigenvalue weighted by Crippen LogP contribution is 2.16. The summed E-state index contributed by atoms with van der Waals surface area (Å²) in [6.45, 7) is -1.02. The summed E-state index contributed by atoms with van der Waals surface area (Å²) >= 11 is 0. The lowest BCUT2D eigenvalue weighted by Gasteiger charge is -2.08. The van der Waals surface area contributed by atoms with Crippen LogP contribution in [0.15, 0.2) is 54.9 Å². The highest BCUT2D eigenvalue weighted by molar-refractivity contribution is 5.94. The van der Waals surface area contributed by atoms with Crippen molar-refractivity contribution in [3.05, 3.63) is 71.7 Å². The molecule has 0 unspecified atom stereocenters. The van der Waals surface area contributed by atoms with E-state index in [1.807, 2.05) is 35.0 Å². The third-order valence-corrected chi connectivity index (χ3v) is 3.83. The molecule has 0 bridgehead atoms. The molecule has 142 valence electrons. The number of imidazole rings is 1. The van der Waals surface area contributed by atoms with Gasteiger partial charge in [-0.05, 0) is 29.8 Å². The number of ether oxygens (including phenoxy) is 1. The second kappa shape index (κ2) is 8.22. The lowest BCUT2D eigenvalue weighted by molar-refractivity contribution is -0.176. The van der Waals surface area contributed by atoms with E-state index in [1.165, 1.54) is 0 Å². The van der Waals surface area contributed by atoms with Crippen molar-refractivity contribution in [1.29, 1.82) is 0 Å². The van der Waals surface area contributed by atoms with Crippen LogP contribution in [0.2, 0.25) is 0 Å². The minimum Gasteiger partial charge on any atom is -0.367 e. The first-order valence-electron chi connectivity index (χ1n) is 8.35. The number of fused-ring (bicyclic) bond motifs is 1. The van der Waals surface area contributed by atoms with Crippen LogP contribution in [0.3, 0.4) is 0 Å². The van der Waals surface area contributed by atoms with Gasteiger partial charge in [-0.15, -0.1) is 0 Å². The number of hydrogen-bond acceptors (Lipinski definition) is 3. The third kappa shape index (κ3) is 5.55. The molecule has 2 aromatic heterocycles. The summed E-state index contributed by atoms with van der Waals surface area (Å²) in [6.07, 6.45) is 0.0686. The number of hydrogen-bond donors (Lipinski definition) is 1. The summed E-state index contributed by atoms with van der Waals surface area (Å²) in [5.74, 6) is -0.249. The number of rotatable bonds is 7. The minimum atomic E-state index is -4.35. The van der Waals surface area contributed by atoms with Crippen LogP contribution in [-0.4, -0.2) is 34.6 Å². The molecule has 5 nitrogen and oxygen atoms in total. The molecule has 0 atom stereocenters. The zero-order chi connectivity index (χ0) is 19.3. The predicted octanol–water partition coefficient (Wildman–Crippen LogP) is 3.39. The number of halogens is 3. The summed E-state index contributed by atoms with van der Waals surface area (Å²) < 4.78 is 42.6. The maximum absolute atomic E-state index is 12.1. The first kappa shape index (κ1) is 18.9. The molecule has 0 fully saturated rings. The lowest BCUT2D eigenvalue weighted by atomic mass is 10.1. The van der Waals surface area contributed by atoms with E-state index in [2.05, 4.69) is 15.0 Å². The van der Waals surface area contributed by atoms with E-state index in [0.29, 0.717) is 24.1 Å². The van der Waals surface area contributed by atoms with Gasteiger partial charge in [-0.1, -0.05) is 18.2 Å². The van der Waals surface area contributed by atoms with Crippen molar-refractivity contribution in [3.8, 4) is 0 Å². The van der Waals surface area contributed by atoms with E-state index in [1.54, 1.807) is 24.3 Å². The van der Waals surface area contributed by atoms with Crippen molar-refractivity contribution in [1.82, 2.24) is 14.7 Å². The van der Waals surface area contributed by atoms with Crippen LogP contribution in [0, 0.1) is 0 Å². The number of amides is 1. The number of carbonyl (C=O) groups excluding carboxylic acids is 1. The topological polar surface area (TPSA) is 55.6 Å². The fourth-order valence-corrected chi connectivity index (χ4v) is 2.55. The zero-order valence-electron chi connectivity index (χ0n) is 14.4. The van der Waals surface area contributed by atoms with E-state index in [4.69, 9.17) is 0 Å². The van der Waals surface area contributed by atoms with Gasteiger partial charge in [-0.25, -0.2) is 4.98 Å². The Balaban J connectivity index is 1.46. The quantitative estimate of drug-likeness (QED) is 0.687. The highest BCUT2D eigenvalue weighted by Gasteiger charge is 2.27. The lowest BCUT2D eigenvalue weighted by Crippen LogP contribution is -2.25. The molecule has 0 radical (unpaired) electrons.